The zero-order valence-corrected chi connectivity index (χ0v) is 10.9. The van der Waals surface area contributed by atoms with E-state index >= 15 is 0 Å². The summed E-state index contributed by atoms with van der Waals surface area (Å²) in [6.07, 6.45) is 3.24. The van der Waals surface area contributed by atoms with E-state index in [2.05, 4.69) is 10.3 Å². The number of hydrogen-bond acceptors (Lipinski definition) is 4. The van der Waals surface area contributed by atoms with Gasteiger partial charge in [0, 0.05) is 10.4 Å². The maximum atomic E-state index is 12.6. The molecule has 0 saturated heterocycles. The van der Waals surface area contributed by atoms with Crippen LogP contribution in [0.3, 0.4) is 0 Å². The van der Waals surface area contributed by atoms with E-state index in [-0.39, 0.29) is 0 Å². The molecule has 1 atom stereocenters. The second-order valence-corrected chi connectivity index (χ2v) is 6.37. The van der Waals surface area contributed by atoms with Crippen LogP contribution in [0, 0.1) is 0 Å². The monoisotopic (exact) mass is 274 g/mol. The predicted molar refractivity (Wildman–Crippen MR) is 69.4 cm³/mol. The third-order valence-corrected chi connectivity index (χ3v) is 5.07. The summed E-state index contributed by atoms with van der Waals surface area (Å²) in [5.41, 5.74) is 2.28. The Hall–Kier alpha value is -0.620. The van der Waals surface area contributed by atoms with Gasteiger partial charge in [-0.3, -0.25) is 4.99 Å². The molecule has 1 aromatic rings. The quantitative estimate of drug-likeness (QED) is 0.880. The van der Waals surface area contributed by atoms with Crippen molar-refractivity contribution in [3.05, 3.63) is 16.0 Å². The van der Waals surface area contributed by atoms with Gasteiger partial charge in [-0.25, -0.2) is 0 Å². The molecule has 0 fully saturated rings. The van der Waals surface area contributed by atoms with Crippen molar-refractivity contribution in [2.45, 2.75) is 37.3 Å². The number of aliphatic imine (C=N–C) groups is 1. The zero-order chi connectivity index (χ0) is 12.0. The smallest absolute Gasteiger partial charge is 0.286 e. The van der Waals surface area contributed by atoms with E-state index in [0.717, 1.165) is 35.7 Å². The van der Waals surface area contributed by atoms with Gasteiger partial charge in [0.1, 0.15) is 10.4 Å². The van der Waals surface area contributed by atoms with E-state index in [9.17, 15) is 8.78 Å². The number of rotatable bonds is 2. The van der Waals surface area contributed by atoms with Gasteiger partial charge in [-0.05, 0) is 31.7 Å². The van der Waals surface area contributed by atoms with Crippen molar-refractivity contribution in [3.63, 3.8) is 0 Å². The zero-order valence-electron chi connectivity index (χ0n) is 9.30. The van der Waals surface area contributed by atoms with Crippen molar-refractivity contribution >= 4 is 33.9 Å². The Labute approximate surface area is 107 Å². The fourth-order valence-electron chi connectivity index (χ4n) is 2.42. The van der Waals surface area contributed by atoms with Crippen molar-refractivity contribution in [2.75, 3.05) is 5.32 Å². The first-order chi connectivity index (χ1) is 8.15. The molecule has 0 radical (unpaired) electrons. The van der Waals surface area contributed by atoms with Crippen molar-refractivity contribution in [3.8, 4) is 0 Å². The first-order valence-corrected chi connectivity index (χ1v) is 7.30. The third-order valence-electron chi connectivity index (χ3n) is 3.05. The molecule has 0 amide bonds. The highest BCUT2D eigenvalue weighted by atomic mass is 32.2. The fraction of sp³-hybridized carbons (Fsp3) is 0.545. The summed E-state index contributed by atoms with van der Waals surface area (Å²) < 4.78 is 25.2. The van der Waals surface area contributed by atoms with Crippen molar-refractivity contribution in [1.82, 2.24) is 0 Å². The van der Waals surface area contributed by atoms with Crippen LogP contribution >= 0.6 is 23.1 Å². The molecule has 6 heteroatoms. The Kier molecular flexibility index (Phi) is 2.86. The Morgan fingerprint density at radius 2 is 2.29 bits per heavy atom. The molecule has 1 aromatic heterocycles. The lowest BCUT2D eigenvalue weighted by molar-refractivity contribution is 0.251. The third kappa shape index (κ3) is 1.97. The van der Waals surface area contributed by atoms with E-state index in [1.807, 2.05) is 6.92 Å². The summed E-state index contributed by atoms with van der Waals surface area (Å²) in [5.74, 6) is -1.64. The van der Waals surface area contributed by atoms with E-state index in [1.54, 1.807) is 11.3 Å². The second-order valence-electron chi connectivity index (χ2n) is 4.19. The molecule has 0 spiro atoms. The van der Waals surface area contributed by atoms with Gasteiger partial charge in [0.2, 0.25) is 0 Å². The van der Waals surface area contributed by atoms with E-state index in [4.69, 9.17) is 0 Å². The molecule has 0 aromatic carbocycles. The Bertz CT molecular complexity index is 482. The molecule has 3 rings (SSSR count). The average Bonchev–Trinajstić information content (AvgIpc) is 2.74. The molecule has 17 heavy (non-hydrogen) atoms. The van der Waals surface area contributed by atoms with Crippen LogP contribution in [0.1, 0.15) is 34.7 Å². The lowest BCUT2D eigenvalue weighted by atomic mass is 10.1. The highest BCUT2D eigenvalue weighted by Crippen LogP contribution is 2.49. The van der Waals surface area contributed by atoms with Gasteiger partial charge in [-0.2, -0.15) is 8.78 Å². The summed E-state index contributed by atoms with van der Waals surface area (Å²) in [6.45, 7) is 1.83. The van der Waals surface area contributed by atoms with Crippen LogP contribution in [0.2, 0.25) is 0 Å². The minimum Gasteiger partial charge on any atom is -0.336 e. The Balaban J connectivity index is 2.02. The number of thioether (sulfide) groups is 1. The lowest BCUT2D eigenvalue weighted by Gasteiger charge is -2.21. The van der Waals surface area contributed by atoms with Crippen LogP contribution in [0.5, 0.6) is 0 Å². The number of thiophene rings is 1. The van der Waals surface area contributed by atoms with Gasteiger partial charge in [-0.15, -0.1) is 11.3 Å². The maximum Gasteiger partial charge on any atom is 0.286 e. The number of fused-ring (bicyclic) bond motifs is 3. The molecule has 0 saturated carbocycles. The fourth-order valence-corrected chi connectivity index (χ4v) is 4.67. The van der Waals surface area contributed by atoms with E-state index in [0.29, 0.717) is 11.8 Å². The molecular weight excluding hydrogens is 262 g/mol. The molecule has 1 unspecified atom stereocenters. The number of nitrogens with zero attached hydrogens (tertiary/aromatic N) is 1. The highest BCUT2D eigenvalue weighted by molar-refractivity contribution is 7.99. The van der Waals surface area contributed by atoms with Crippen LogP contribution in [-0.2, 0) is 12.8 Å². The number of halogens is 2. The summed E-state index contributed by atoms with van der Waals surface area (Å²) in [7, 11) is 0. The lowest BCUT2D eigenvalue weighted by Crippen LogP contribution is -2.16. The average molecular weight is 274 g/mol. The first-order valence-electron chi connectivity index (χ1n) is 5.54. The summed E-state index contributed by atoms with van der Waals surface area (Å²) >= 11 is 2.35. The molecular formula is C11H12F2N2S2. The molecule has 1 aliphatic carbocycles. The SMILES string of the molecule is CC1=NC(SC(F)F)c2c(sc3c2CCC3)N1. The first kappa shape index (κ1) is 11.5. The Morgan fingerprint density at radius 3 is 3.06 bits per heavy atom. The summed E-state index contributed by atoms with van der Waals surface area (Å²) in [6, 6.07) is 0. The molecule has 1 N–H and O–H groups in total. The molecule has 0 bridgehead atoms. The standard InChI is InChI=1S/C11H12F2N2S2/c1-5-14-9-8(10(15-5)17-11(12)13)6-3-2-4-7(6)16-9/h10-11H,2-4H2,1H3,(H,14,15). The van der Waals surface area contributed by atoms with Crippen LogP contribution in [0.4, 0.5) is 13.8 Å². The van der Waals surface area contributed by atoms with Crippen LogP contribution < -0.4 is 5.32 Å². The predicted octanol–water partition coefficient (Wildman–Crippen LogP) is 4.04. The number of anilines is 1. The van der Waals surface area contributed by atoms with Crippen molar-refractivity contribution < 1.29 is 8.78 Å². The largest absolute Gasteiger partial charge is 0.336 e. The molecule has 2 nitrogen and oxygen atoms in total. The minimum absolute atomic E-state index is 0.427. The highest BCUT2D eigenvalue weighted by Gasteiger charge is 2.31. The number of amidine groups is 1. The van der Waals surface area contributed by atoms with Gasteiger partial charge >= 0.3 is 0 Å². The summed E-state index contributed by atoms with van der Waals surface area (Å²) in [4.78, 5) is 5.66. The van der Waals surface area contributed by atoms with Gasteiger partial charge in [0.25, 0.3) is 5.76 Å². The summed E-state index contributed by atoms with van der Waals surface area (Å²) in [5, 5.41) is 3.80. The van der Waals surface area contributed by atoms with Gasteiger partial charge in [0.15, 0.2) is 0 Å². The van der Waals surface area contributed by atoms with Crippen LogP contribution in [0.25, 0.3) is 0 Å². The molecule has 1 aliphatic heterocycles. The molecule has 2 aliphatic rings. The van der Waals surface area contributed by atoms with Crippen LogP contribution in [0.15, 0.2) is 4.99 Å². The number of aryl methyl sites for hydroxylation is 1. The number of nitrogens with one attached hydrogen (secondary N) is 1. The van der Waals surface area contributed by atoms with Crippen molar-refractivity contribution in [1.29, 1.82) is 0 Å². The van der Waals surface area contributed by atoms with Gasteiger partial charge < -0.3 is 5.32 Å². The van der Waals surface area contributed by atoms with Crippen molar-refractivity contribution in [2.24, 2.45) is 4.99 Å². The normalized spacial score (nSPS) is 22.1. The number of hydrogen-bond donors (Lipinski definition) is 1. The van der Waals surface area contributed by atoms with Gasteiger partial charge in [-0.1, -0.05) is 11.8 Å². The molecule has 92 valence electrons. The van der Waals surface area contributed by atoms with E-state index < -0.39 is 11.1 Å². The molecule has 2 heterocycles. The second kappa shape index (κ2) is 4.24. The Morgan fingerprint density at radius 1 is 1.47 bits per heavy atom. The number of alkyl halides is 2. The van der Waals surface area contributed by atoms with Gasteiger partial charge in [0.05, 0.1) is 5.84 Å². The maximum absolute atomic E-state index is 12.6. The van der Waals surface area contributed by atoms with E-state index in [1.165, 1.54) is 10.4 Å². The van der Waals surface area contributed by atoms with Crippen LogP contribution in [-0.4, -0.2) is 11.6 Å². The topological polar surface area (TPSA) is 24.4 Å². The minimum atomic E-state index is -2.38.